The maximum atomic E-state index is 8.70. The molecule has 10 nitrogen and oxygen atoms in total. The quantitative estimate of drug-likeness (QED) is 0.260. The van der Waals surface area contributed by atoms with Crippen LogP contribution in [0.2, 0.25) is 0 Å². The lowest BCUT2D eigenvalue weighted by atomic mass is 10.2. The molecule has 1 aromatic rings. The first-order chi connectivity index (χ1) is 8.85. The number of aromatic nitrogens is 3. The smallest absolute Gasteiger partial charge is 0.381 e. The van der Waals surface area contributed by atoms with Crippen molar-refractivity contribution in [3.05, 3.63) is 12.2 Å². The summed E-state index contributed by atoms with van der Waals surface area (Å²) in [5.41, 5.74) is 5.25. The second-order valence-corrected chi connectivity index (χ2v) is 5.35. The van der Waals surface area contributed by atoms with Crippen molar-refractivity contribution in [3.8, 4) is 0 Å². The van der Waals surface area contributed by atoms with E-state index >= 15 is 0 Å². The Hall–Kier alpha value is -1.16. The Kier molecular flexibility index (Phi) is 4.09. The number of nitrogens with one attached hydrogen (secondary N) is 1. The van der Waals surface area contributed by atoms with E-state index in [0.29, 0.717) is 12.8 Å². The molecule has 2 atom stereocenters. The zero-order valence-electron chi connectivity index (χ0n) is 9.88. The number of hydrogen-bond acceptors (Lipinski definition) is 8. The van der Waals surface area contributed by atoms with E-state index in [2.05, 4.69) is 14.6 Å². The molecule has 0 aliphatic carbocycles. The van der Waals surface area contributed by atoms with Gasteiger partial charge in [-0.15, -0.1) is 5.10 Å². The largest absolute Gasteiger partial charge is 0.567 e. The highest BCUT2D eigenvalue weighted by Crippen LogP contribution is 2.46. The fraction of sp³-hybridized carbons (Fsp3) is 0.625. The third kappa shape index (κ3) is 3.90. The van der Waals surface area contributed by atoms with Crippen LogP contribution in [-0.2, 0) is 9.26 Å². The van der Waals surface area contributed by atoms with Gasteiger partial charge in [-0.25, -0.2) is 9.67 Å². The highest BCUT2D eigenvalue weighted by atomic mass is 31.2. The minimum Gasteiger partial charge on any atom is -0.381 e. The van der Waals surface area contributed by atoms with Crippen LogP contribution in [0, 0.1) is 5.41 Å². The Balaban J connectivity index is 1.89. The van der Waals surface area contributed by atoms with E-state index in [0.717, 1.165) is 0 Å². The molecule has 0 amide bonds. The van der Waals surface area contributed by atoms with Gasteiger partial charge in [0.25, 0.3) is 0 Å². The molecular formula is C8H15N5O5P+. The second kappa shape index (κ2) is 5.45. The van der Waals surface area contributed by atoms with Crippen molar-refractivity contribution in [2.24, 2.45) is 5.73 Å². The van der Waals surface area contributed by atoms with E-state index in [1.54, 1.807) is 0 Å². The van der Waals surface area contributed by atoms with Crippen LogP contribution < -0.4 is 5.73 Å². The van der Waals surface area contributed by atoms with Crippen molar-refractivity contribution >= 4 is 14.0 Å². The summed E-state index contributed by atoms with van der Waals surface area (Å²) in [4.78, 5) is 30.0. The SMILES string of the molecule is N=C(N)c1ncn(C2CCC(CO[P+](O)(O)O)O2)n1. The Bertz CT molecular complexity index is 461. The van der Waals surface area contributed by atoms with Crippen LogP contribution in [0.4, 0.5) is 0 Å². The van der Waals surface area contributed by atoms with E-state index in [1.165, 1.54) is 11.0 Å². The van der Waals surface area contributed by atoms with Gasteiger partial charge in [0.2, 0.25) is 5.82 Å². The molecule has 1 saturated heterocycles. The molecule has 1 aliphatic heterocycles. The van der Waals surface area contributed by atoms with Gasteiger partial charge in [0.15, 0.2) is 12.1 Å². The molecule has 0 spiro atoms. The molecule has 1 aliphatic rings. The van der Waals surface area contributed by atoms with Gasteiger partial charge in [-0.2, -0.15) is 19.2 Å². The van der Waals surface area contributed by atoms with Crippen LogP contribution in [0.5, 0.6) is 0 Å². The summed E-state index contributed by atoms with van der Waals surface area (Å²) < 4.78 is 11.5. The third-order valence-electron chi connectivity index (χ3n) is 2.56. The van der Waals surface area contributed by atoms with Crippen molar-refractivity contribution in [2.75, 3.05) is 6.61 Å². The topological polar surface area (TPSA) is 160 Å². The van der Waals surface area contributed by atoms with Crippen molar-refractivity contribution in [2.45, 2.75) is 25.2 Å². The number of ether oxygens (including phenoxy) is 1. The van der Waals surface area contributed by atoms with Crippen molar-refractivity contribution in [3.63, 3.8) is 0 Å². The average Bonchev–Trinajstić information content (AvgIpc) is 2.94. The molecule has 2 rings (SSSR count). The van der Waals surface area contributed by atoms with E-state index in [1.807, 2.05) is 0 Å². The first-order valence-corrected chi connectivity index (χ1v) is 7.04. The number of rotatable bonds is 5. The van der Waals surface area contributed by atoms with E-state index in [9.17, 15) is 0 Å². The normalized spacial score (nSPS) is 23.7. The maximum absolute atomic E-state index is 8.70. The van der Waals surface area contributed by atoms with Crippen LogP contribution in [0.1, 0.15) is 24.9 Å². The van der Waals surface area contributed by atoms with Crippen LogP contribution >= 0.6 is 8.17 Å². The molecule has 106 valence electrons. The van der Waals surface area contributed by atoms with Crippen LogP contribution in [0.25, 0.3) is 0 Å². The van der Waals surface area contributed by atoms with Crippen molar-refractivity contribution in [1.82, 2.24) is 14.8 Å². The highest BCUT2D eigenvalue weighted by Gasteiger charge is 2.37. The summed E-state index contributed by atoms with van der Waals surface area (Å²) in [5, 5.41) is 11.2. The lowest BCUT2D eigenvalue weighted by Gasteiger charge is -2.12. The van der Waals surface area contributed by atoms with Crippen LogP contribution in [0.15, 0.2) is 6.33 Å². The first-order valence-electron chi connectivity index (χ1n) is 5.48. The van der Waals surface area contributed by atoms with Gasteiger partial charge < -0.3 is 10.5 Å². The monoisotopic (exact) mass is 292 g/mol. The Morgan fingerprint density at radius 1 is 1.58 bits per heavy atom. The summed E-state index contributed by atoms with van der Waals surface area (Å²) in [7, 11) is -4.23. The van der Waals surface area contributed by atoms with Gasteiger partial charge in [-0.1, -0.05) is 0 Å². The zero-order chi connectivity index (χ0) is 14.0. The lowest BCUT2D eigenvalue weighted by molar-refractivity contribution is -0.0306. The fourth-order valence-electron chi connectivity index (χ4n) is 1.72. The number of nitrogens with zero attached hydrogens (tertiary/aromatic N) is 3. The number of amidine groups is 1. The van der Waals surface area contributed by atoms with Gasteiger partial charge in [0, 0.05) is 0 Å². The molecule has 6 N–H and O–H groups in total. The Morgan fingerprint density at radius 2 is 2.32 bits per heavy atom. The third-order valence-corrected chi connectivity index (χ3v) is 3.06. The molecule has 0 saturated carbocycles. The van der Waals surface area contributed by atoms with Gasteiger partial charge in [0.1, 0.15) is 12.9 Å². The van der Waals surface area contributed by atoms with E-state index in [-0.39, 0.29) is 30.6 Å². The summed E-state index contributed by atoms with van der Waals surface area (Å²) in [6.07, 6.45) is 1.90. The van der Waals surface area contributed by atoms with Gasteiger partial charge in [-0.05, 0) is 12.8 Å². The molecule has 0 aromatic carbocycles. The summed E-state index contributed by atoms with van der Waals surface area (Å²) >= 11 is 0. The first kappa shape index (κ1) is 14.3. The van der Waals surface area contributed by atoms with E-state index < -0.39 is 8.17 Å². The zero-order valence-corrected chi connectivity index (χ0v) is 10.8. The molecule has 0 radical (unpaired) electrons. The molecule has 0 bridgehead atoms. The molecule has 19 heavy (non-hydrogen) atoms. The number of nitrogens with two attached hydrogens (primary N) is 1. The van der Waals surface area contributed by atoms with Crippen LogP contribution in [0.3, 0.4) is 0 Å². The molecule has 2 heterocycles. The van der Waals surface area contributed by atoms with Gasteiger partial charge >= 0.3 is 8.17 Å². The number of hydrogen-bond donors (Lipinski definition) is 5. The molecule has 11 heteroatoms. The lowest BCUT2D eigenvalue weighted by Crippen LogP contribution is -2.18. The summed E-state index contributed by atoms with van der Waals surface area (Å²) in [5.74, 6) is -0.110. The van der Waals surface area contributed by atoms with Crippen molar-refractivity contribution < 1.29 is 23.9 Å². The van der Waals surface area contributed by atoms with Gasteiger partial charge in [-0.3, -0.25) is 5.41 Å². The summed E-state index contributed by atoms with van der Waals surface area (Å²) in [6, 6.07) is 0. The van der Waals surface area contributed by atoms with Crippen molar-refractivity contribution in [1.29, 1.82) is 5.41 Å². The van der Waals surface area contributed by atoms with Crippen LogP contribution in [-0.4, -0.2) is 48.0 Å². The Labute approximate surface area is 109 Å². The second-order valence-electron chi connectivity index (χ2n) is 4.06. The maximum Gasteiger partial charge on any atom is 0.567 e. The predicted molar refractivity (Wildman–Crippen MR) is 63.7 cm³/mol. The number of nitrogen functional groups attached to an aromatic ring is 1. The molecule has 2 unspecified atom stereocenters. The molecule has 1 fully saturated rings. The Morgan fingerprint density at radius 3 is 2.89 bits per heavy atom. The minimum atomic E-state index is -4.23. The standard InChI is InChI=1S/C8H15N5O5P/c9-7(10)8-11-4-13(12-8)6-2-1-5(18-6)3-17-19(14,15)16/h4-6,14-16H,1-3H2,(H3,9,10)/q+1. The highest BCUT2D eigenvalue weighted by molar-refractivity contribution is 7.53. The molecular weight excluding hydrogens is 277 g/mol. The van der Waals surface area contributed by atoms with Gasteiger partial charge in [0.05, 0.1) is 6.10 Å². The molecule has 1 aromatic heterocycles. The average molecular weight is 292 g/mol. The predicted octanol–water partition coefficient (Wildman–Crippen LogP) is -1.09. The fourth-order valence-corrected chi connectivity index (χ4v) is 2.09. The minimum absolute atomic E-state index is 0.120. The van der Waals surface area contributed by atoms with E-state index in [4.69, 9.17) is 30.6 Å². The summed E-state index contributed by atoms with van der Waals surface area (Å²) in [6.45, 7) is -0.123.